The van der Waals surface area contributed by atoms with Crippen LogP contribution in [0.1, 0.15) is 39.2 Å². The van der Waals surface area contributed by atoms with Gasteiger partial charge < -0.3 is 21.5 Å². The van der Waals surface area contributed by atoms with Crippen LogP contribution in [0.2, 0.25) is 0 Å². The topological polar surface area (TPSA) is 173 Å². The summed E-state index contributed by atoms with van der Waals surface area (Å²) < 4.78 is 5.23. The highest BCUT2D eigenvalue weighted by molar-refractivity contribution is 5.91. The van der Waals surface area contributed by atoms with Crippen molar-refractivity contribution in [2.45, 2.75) is 51.7 Å². The molecule has 0 saturated heterocycles. The van der Waals surface area contributed by atoms with Crippen LogP contribution in [0.25, 0.3) is 0 Å². The van der Waals surface area contributed by atoms with Crippen LogP contribution in [-0.4, -0.2) is 53.3 Å². The lowest BCUT2D eigenvalue weighted by atomic mass is 10.1. The fourth-order valence-electron chi connectivity index (χ4n) is 2.68. The highest BCUT2D eigenvalue weighted by atomic mass is 16.7. The van der Waals surface area contributed by atoms with E-state index in [2.05, 4.69) is 5.32 Å². The molecule has 1 rings (SSSR count). The fourth-order valence-corrected chi connectivity index (χ4v) is 2.68. The molecule has 0 aliphatic carbocycles. The Morgan fingerprint density at radius 2 is 2.03 bits per heavy atom. The van der Waals surface area contributed by atoms with E-state index in [1.807, 2.05) is 24.3 Å². The maximum Gasteiger partial charge on any atom is 0.417 e. The fraction of sp³-hybridized carbons (Fsp3) is 0.579. The molecule has 1 aromatic carbocycles. The van der Waals surface area contributed by atoms with Gasteiger partial charge in [-0.15, -0.1) is 0 Å². The van der Waals surface area contributed by atoms with Crippen LogP contribution in [0.15, 0.2) is 24.3 Å². The first-order valence-corrected chi connectivity index (χ1v) is 9.81. The first-order chi connectivity index (χ1) is 14.0. The number of hydrazine groups is 1. The van der Waals surface area contributed by atoms with Gasteiger partial charge in [0.2, 0.25) is 0 Å². The molecule has 1 amide bonds. The lowest BCUT2D eigenvalue weighted by Crippen LogP contribution is -2.48. The number of nitro groups is 1. The van der Waals surface area contributed by atoms with Crippen molar-refractivity contribution in [3.05, 3.63) is 39.9 Å². The largest absolute Gasteiger partial charge is 0.443 e. The summed E-state index contributed by atoms with van der Waals surface area (Å²) in [5.41, 5.74) is 14.8. The normalized spacial score (nSPS) is 12.0. The standard InChI is InChI=1S/C19H33N7O4/c1-19(2,3)30-18(27)25(17(22)24-26(28)29)12-6-8-15(21)13-23-16-9-5-4-7-14(16)10-11-20/h4-5,7,9,15,23H,6,8,10-13,20-21H2,1-3H3,(H2,22,24)/t15-/m0/s1. The van der Waals surface area contributed by atoms with Crippen molar-refractivity contribution >= 4 is 17.7 Å². The second-order valence-electron chi connectivity index (χ2n) is 7.83. The van der Waals surface area contributed by atoms with Gasteiger partial charge in [0.05, 0.1) is 0 Å². The number of para-hydroxylation sites is 1. The molecule has 0 aliphatic heterocycles. The summed E-state index contributed by atoms with van der Waals surface area (Å²) in [6.45, 7) is 6.16. The Kier molecular flexibility index (Phi) is 9.99. The molecule has 30 heavy (non-hydrogen) atoms. The van der Waals surface area contributed by atoms with Gasteiger partial charge in [0.25, 0.3) is 5.96 Å². The number of carbonyl (C=O) groups excluding carboxylic acids is 1. The first-order valence-electron chi connectivity index (χ1n) is 9.81. The zero-order valence-electron chi connectivity index (χ0n) is 17.8. The number of nitrogens with two attached hydrogens (primary N) is 2. The highest BCUT2D eigenvalue weighted by Gasteiger charge is 2.27. The lowest BCUT2D eigenvalue weighted by molar-refractivity contribution is -0.526. The molecule has 0 heterocycles. The average molecular weight is 424 g/mol. The average Bonchev–Trinajstić information content (AvgIpc) is 2.62. The molecule has 7 N–H and O–H groups in total. The highest BCUT2D eigenvalue weighted by Crippen LogP contribution is 2.15. The number of rotatable bonds is 10. The predicted octanol–water partition coefficient (Wildman–Crippen LogP) is 1.66. The van der Waals surface area contributed by atoms with Crippen molar-refractivity contribution in [2.24, 2.45) is 11.5 Å². The Morgan fingerprint density at radius 1 is 1.37 bits per heavy atom. The summed E-state index contributed by atoms with van der Waals surface area (Å²) >= 11 is 0. The Hall–Kier alpha value is -2.92. The minimum absolute atomic E-state index is 0.0616. The predicted molar refractivity (Wildman–Crippen MR) is 116 cm³/mol. The molecule has 1 atom stereocenters. The van der Waals surface area contributed by atoms with E-state index in [-0.39, 0.29) is 12.6 Å². The number of amides is 1. The van der Waals surface area contributed by atoms with Crippen LogP contribution in [0.5, 0.6) is 0 Å². The Balaban J connectivity index is 2.59. The molecule has 0 bridgehead atoms. The quantitative estimate of drug-likeness (QED) is 0.163. The van der Waals surface area contributed by atoms with Crippen molar-refractivity contribution in [3.63, 3.8) is 0 Å². The second-order valence-corrected chi connectivity index (χ2v) is 7.83. The van der Waals surface area contributed by atoms with E-state index in [0.717, 1.165) is 22.6 Å². The summed E-state index contributed by atoms with van der Waals surface area (Å²) in [5.74, 6) is -0.656. The second kappa shape index (κ2) is 11.9. The van der Waals surface area contributed by atoms with E-state index in [9.17, 15) is 14.9 Å². The number of nitrogens with one attached hydrogen (secondary N) is 3. The van der Waals surface area contributed by atoms with Gasteiger partial charge >= 0.3 is 6.09 Å². The molecule has 0 saturated carbocycles. The van der Waals surface area contributed by atoms with Crippen LogP contribution in [0.4, 0.5) is 10.5 Å². The molecule has 0 fully saturated rings. The third-order valence-electron chi connectivity index (χ3n) is 4.02. The maximum absolute atomic E-state index is 12.3. The SMILES string of the molecule is CC(C)(C)OC(=O)N(CCC[C@H](N)CNc1ccccc1CCN)C(=N)N[N+](=O)[O-]. The number of hydrogen-bond acceptors (Lipinski definition) is 8. The minimum Gasteiger partial charge on any atom is -0.443 e. The zero-order valence-corrected chi connectivity index (χ0v) is 17.8. The number of guanidine groups is 1. The van der Waals surface area contributed by atoms with Crippen LogP contribution in [0, 0.1) is 15.5 Å². The van der Waals surface area contributed by atoms with E-state index in [1.165, 1.54) is 0 Å². The van der Waals surface area contributed by atoms with Gasteiger partial charge in [0.15, 0.2) is 5.03 Å². The summed E-state index contributed by atoms with van der Waals surface area (Å²) in [7, 11) is 0. The van der Waals surface area contributed by atoms with E-state index >= 15 is 0 Å². The molecular formula is C19H33N7O4. The molecule has 0 radical (unpaired) electrons. The molecule has 168 valence electrons. The molecule has 0 aromatic heterocycles. The van der Waals surface area contributed by atoms with E-state index < -0.39 is 22.7 Å². The number of nitrogens with zero attached hydrogens (tertiary/aromatic N) is 2. The molecule has 11 nitrogen and oxygen atoms in total. The van der Waals surface area contributed by atoms with Crippen LogP contribution in [0.3, 0.4) is 0 Å². The first kappa shape index (κ1) is 25.1. The summed E-state index contributed by atoms with van der Waals surface area (Å²) in [5, 5.41) is 20.8. The van der Waals surface area contributed by atoms with Crippen molar-refractivity contribution in [1.29, 1.82) is 5.41 Å². The number of hydrogen-bond donors (Lipinski definition) is 5. The molecule has 0 unspecified atom stereocenters. The van der Waals surface area contributed by atoms with Crippen molar-refractivity contribution in [1.82, 2.24) is 10.3 Å². The number of carbonyl (C=O) groups is 1. The van der Waals surface area contributed by atoms with Crippen LogP contribution in [-0.2, 0) is 11.2 Å². The van der Waals surface area contributed by atoms with E-state index in [4.69, 9.17) is 21.6 Å². The van der Waals surface area contributed by atoms with Gasteiger partial charge in [-0.25, -0.2) is 19.8 Å². The Labute approximate surface area is 176 Å². The van der Waals surface area contributed by atoms with Crippen LogP contribution >= 0.6 is 0 Å². The monoisotopic (exact) mass is 423 g/mol. The maximum atomic E-state index is 12.3. The lowest BCUT2D eigenvalue weighted by Gasteiger charge is -2.26. The van der Waals surface area contributed by atoms with E-state index in [0.29, 0.717) is 25.9 Å². The van der Waals surface area contributed by atoms with E-state index in [1.54, 1.807) is 26.2 Å². The van der Waals surface area contributed by atoms with Gasteiger partial charge in [0, 0.05) is 24.8 Å². The molecule has 0 spiro atoms. The van der Waals surface area contributed by atoms with Gasteiger partial charge in [-0.3, -0.25) is 5.41 Å². The zero-order chi connectivity index (χ0) is 22.7. The third-order valence-corrected chi connectivity index (χ3v) is 4.02. The summed E-state index contributed by atoms with van der Waals surface area (Å²) in [6.07, 6.45) is 0.907. The minimum atomic E-state index is -0.895. The van der Waals surface area contributed by atoms with Crippen molar-refractivity contribution < 1.29 is 14.6 Å². The molecular weight excluding hydrogens is 390 g/mol. The number of anilines is 1. The molecule has 11 heteroatoms. The smallest absolute Gasteiger partial charge is 0.417 e. The Morgan fingerprint density at radius 3 is 2.63 bits per heavy atom. The van der Waals surface area contributed by atoms with Crippen molar-refractivity contribution in [3.8, 4) is 0 Å². The summed E-state index contributed by atoms with van der Waals surface area (Å²) in [6, 6.07) is 7.64. The molecule has 1 aromatic rings. The molecule has 0 aliphatic rings. The summed E-state index contributed by atoms with van der Waals surface area (Å²) in [4.78, 5) is 23.8. The van der Waals surface area contributed by atoms with Gasteiger partial charge in [-0.2, -0.15) is 0 Å². The number of ether oxygens (including phenoxy) is 1. The van der Waals surface area contributed by atoms with Gasteiger partial charge in [-0.05, 0) is 58.2 Å². The van der Waals surface area contributed by atoms with Crippen LogP contribution < -0.4 is 22.2 Å². The Bertz CT molecular complexity index is 721. The number of benzene rings is 1. The van der Waals surface area contributed by atoms with Crippen molar-refractivity contribution in [2.75, 3.05) is 25.0 Å². The third kappa shape index (κ3) is 9.52. The van der Waals surface area contributed by atoms with Gasteiger partial charge in [0.1, 0.15) is 5.60 Å². The van der Waals surface area contributed by atoms with Gasteiger partial charge in [-0.1, -0.05) is 23.6 Å².